The lowest BCUT2D eigenvalue weighted by Gasteiger charge is -2.43. The fourth-order valence-electron chi connectivity index (χ4n) is 6.07. The van der Waals surface area contributed by atoms with Gasteiger partial charge in [0.25, 0.3) is 5.91 Å². The van der Waals surface area contributed by atoms with Gasteiger partial charge in [0.05, 0.1) is 17.8 Å². The molecular formula is C32H34N6O4. The molecule has 6 rings (SSSR count). The monoisotopic (exact) mass is 566 g/mol. The maximum absolute atomic E-state index is 13.7. The van der Waals surface area contributed by atoms with Gasteiger partial charge in [0.15, 0.2) is 0 Å². The van der Waals surface area contributed by atoms with E-state index in [9.17, 15) is 19.2 Å². The van der Waals surface area contributed by atoms with Crippen LogP contribution >= 0.6 is 0 Å². The van der Waals surface area contributed by atoms with Crippen LogP contribution < -0.4 is 10.6 Å². The van der Waals surface area contributed by atoms with E-state index in [0.29, 0.717) is 37.8 Å². The number of likely N-dealkylation sites (tertiary alicyclic amines) is 1. The number of pyridine rings is 1. The van der Waals surface area contributed by atoms with E-state index in [4.69, 9.17) is 4.98 Å². The van der Waals surface area contributed by atoms with E-state index < -0.39 is 18.0 Å². The van der Waals surface area contributed by atoms with Crippen LogP contribution in [0.25, 0.3) is 22.5 Å². The van der Waals surface area contributed by atoms with Crippen molar-refractivity contribution in [2.24, 2.45) is 0 Å². The summed E-state index contributed by atoms with van der Waals surface area (Å²) in [6.45, 7) is 3.96. The molecule has 216 valence electrons. The van der Waals surface area contributed by atoms with Crippen LogP contribution in [-0.2, 0) is 9.59 Å². The quantitative estimate of drug-likeness (QED) is 0.491. The first-order valence-corrected chi connectivity index (χ1v) is 14.5. The molecule has 10 nitrogen and oxygen atoms in total. The number of nitrogens with zero attached hydrogens (tertiary/aromatic N) is 4. The second-order valence-electron chi connectivity index (χ2n) is 11.0. The first-order chi connectivity index (χ1) is 20.4. The highest BCUT2D eigenvalue weighted by Gasteiger charge is 2.35. The summed E-state index contributed by atoms with van der Waals surface area (Å²) >= 11 is 0. The highest BCUT2D eigenvalue weighted by Crippen LogP contribution is 2.26. The number of carbonyl (C=O) groups excluding carboxylic acids is 4. The Morgan fingerprint density at radius 1 is 0.738 bits per heavy atom. The van der Waals surface area contributed by atoms with E-state index in [1.54, 1.807) is 4.90 Å². The largest absolute Gasteiger partial charge is 0.341 e. The summed E-state index contributed by atoms with van der Waals surface area (Å²) in [5.74, 6) is -0.627. The fourth-order valence-corrected chi connectivity index (χ4v) is 6.07. The summed E-state index contributed by atoms with van der Waals surface area (Å²) in [7, 11) is 0. The van der Waals surface area contributed by atoms with Crippen LogP contribution in [-0.4, -0.2) is 94.8 Å². The summed E-state index contributed by atoms with van der Waals surface area (Å²) in [4.78, 5) is 60.9. The first-order valence-electron chi connectivity index (χ1n) is 14.5. The molecule has 1 atom stereocenters. The molecule has 3 aliphatic heterocycles. The summed E-state index contributed by atoms with van der Waals surface area (Å²) in [5, 5.41) is 4.72. The van der Waals surface area contributed by atoms with Crippen LogP contribution in [0.15, 0.2) is 72.8 Å². The number of nitrogens with one attached hydrogen (secondary N) is 2. The van der Waals surface area contributed by atoms with Gasteiger partial charge in [-0.2, -0.15) is 0 Å². The van der Waals surface area contributed by atoms with Gasteiger partial charge in [0, 0.05) is 62.0 Å². The van der Waals surface area contributed by atoms with Crippen molar-refractivity contribution in [3.63, 3.8) is 0 Å². The standard InChI is InChI=1S/C32H34N6O4/c39-29-21-28(34-32(42)35-29)31(41)37-13-11-25(12-14-37)36-15-17-38(18-16-36)30(40)24-19-26(22-7-3-1-4-8-22)33-27(20-24)23-9-5-2-6-10-23/h1-10,19-20,25,28H,11-18,21H2,(H2,34,35,39,42)/t28-/m0/s1. The minimum absolute atomic E-state index is 0.00499. The molecule has 42 heavy (non-hydrogen) atoms. The smallest absolute Gasteiger partial charge is 0.322 e. The van der Waals surface area contributed by atoms with Gasteiger partial charge in [-0.15, -0.1) is 0 Å². The van der Waals surface area contributed by atoms with Gasteiger partial charge in [-0.25, -0.2) is 9.78 Å². The van der Waals surface area contributed by atoms with Gasteiger partial charge in [-0.1, -0.05) is 60.7 Å². The maximum atomic E-state index is 13.7. The molecule has 5 amide bonds. The van der Waals surface area contributed by atoms with Crippen LogP contribution in [0.5, 0.6) is 0 Å². The van der Waals surface area contributed by atoms with Crippen molar-refractivity contribution in [2.45, 2.75) is 31.3 Å². The average Bonchev–Trinajstić information content (AvgIpc) is 3.04. The lowest BCUT2D eigenvalue weighted by molar-refractivity contribution is -0.137. The van der Waals surface area contributed by atoms with Crippen molar-refractivity contribution in [3.05, 3.63) is 78.4 Å². The lowest BCUT2D eigenvalue weighted by Crippen LogP contribution is -2.60. The number of piperidine rings is 1. The number of urea groups is 1. The normalized spacial score (nSPS) is 20.1. The number of piperazine rings is 1. The Morgan fingerprint density at radius 2 is 1.31 bits per heavy atom. The van der Waals surface area contributed by atoms with Crippen molar-refractivity contribution in [3.8, 4) is 22.5 Å². The number of carbonyl (C=O) groups is 4. The second-order valence-corrected chi connectivity index (χ2v) is 11.0. The molecule has 3 fully saturated rings. The van der Waals surface area contributed by atoms with Crippen molar-refractivity contribution < 1.29 is 19.2 Å². The molecule has 10 heteroatoms. The molecule has 4 heterocycles. The van der Waals surface area contributed by atoms with Crippen LogP contribution in [0, 0.1) is 0 Å². The van der Waals surface area contributed by atoms with E-state index in [1.807, 2.05) is 77.7 Å². The second kappa shape index (κ2) is 12.1. The third-order valence-electron chi connectivity index (χ3n) is 8.35. The summed E-state index contributed by atoms with van der Waals surface area (Å²) < 4.78 is 0. The molecule has 2 aromatic carbocycles. The predicted octanol–water partition coefficient (Wildman–Crippen LogP) is 2.76. The average molecular weight is 567 g/mol. The summed E-state index contributed by atoms with van der Waals surface area (Å²) in [6.07, 6.45) is 1.60. The third kappa shape index (κ3) is 6.03. The van der Waals surface area contributed by atoms with Crippen LogP contribution in [0.3, 0.4) is 0 Å². The van der Waals surface area contributed by atoms with Gasteiger partial charge in [0.2, 0.25) is 11.8 Å². The van der Waals surface area contributed by atoms with Crippen molar-refractivity contribution in [1.29, 1.82) is 0 Å². The molecule has 0 saturated carbocycles. The predicted molar refractivity (Wildman–Crippen MR) is 157 cm³/mol. The van der Waals surface area contributed by atoms with Gasteiger partial charge < -0.3 is 15.1 Å². The number of aromatic nitrogens is 1. The van der Waals surface area contributed by atoms with Crippen LogP contribution in [0.4, 0.5) is 4.79 Å². The molecule has 3 aliphatic rings. The first kappa shape index (κ1) is 27.6. The molecule has 0 aliphatic carbocycles. The molecule has 2 N–H and O–H groups in total. The maximum Gasteiger partial charge on any atom is 0.322 e. The zero-order valence-electron chi connectivity index (χ0n) is 23.4. The van der Waals surface area contributed by atoms with E-state index >= 15 is 0 Å². The number of imide groups is 1. The molecule has 3 saturated heterocycles. The van der Waals surface area contributed by atoms with Crippen LogP contribution in [0.1, 0.15) is 29.6 Å². The zero-order valence-corrected chi connectivity index (χ0v) is 23.4. The molecule has 0 radical (unpaired) electrons. The Bertz CT molecular complexity index is 1390. The molecule has 1 aromatic heterocycles. The van der Waals surface area contributed by atoms with Gasteiger partial charge in [0.1, 0.15) is 6.04 Å². The number of hydrogen-bond donors (Lipinski definition) is 2. The Kier molecular flexibility index (Phi) is 7.96. The topological polar surface area (TPSA) is 115 Å². The van der Waals surface area contributed by atoms with Gasteiger partial charge in [-0.05, 0) is 25.0 Å². The van der Waals surface area contributed by atoms with E-state index in [2.05, 4.69) is 15.5 Å². The third-order valence-corrected chi connectivity index (χ3v) is 8.35. The number of benzene rings is 2. The molecule has 0 unspecified atom stereocenters. The van der Waals surface area contributed by atoms with E-state index in [0.717, 1.165) is 48.4 Å². The Hall–Kier alpha value is -4.57. The summed E-state index contributed by atoms with van der Waals surface area (Å²) in [6, 6.07) is 22.5. The highest BCUT2D eigenvalue weighted by molar-refractivity contribution is 6.02. The van der Waals surface area contributed by atoms with Crippen molar-refractivity contribution >= 4 is 23.8 Å². The number of hydrogen-bond acceptors (Lipinski definition) is 6. The molecular weight excluding hydrogens is 532 g/mol. The number of amides is 5. The van der Waals surface area contributed by atoms with Gasteiger partial charge in [-0.3, -0.25) is 24.6 Å². The van der Waals surface area contributed by atoms with Crippen molar-refractivity contribution in [1.82, 2.24) is 30.3 Å². The van der Waals surface area contributed by atoms with E-state index in [1.165, 1.54) is 0 Å². The Labute approximate surface area is 244 Å². The van der Waals surface area contributed by atoms with E-state index in [-0.39, 0.29) is 18.2 Å². The Balaban J connectivity index is 1.08. The molecule has 3 aromatic rings. The summed E-state index contributed by atoms with van der Waals surface area (Å²) in [5.41, 5.74) is 4.11. The minimum Gasteiger partial charge on any atom is -0.341 e. The van der Waals surface area contributed by atoms with Crippen LogP contribution in [0.2, 0.25) is 0 Å². The highest BCUT2D eigenvalue weighted by atomic mass is 16.2. The minimum atomic E-state index is -0.796. The van der Waals surface area contributed by atoms with Crippen molar-refractivity contribution in [2.75, 3.05) is 39.3 Å². The molecule has 0 bridgehead atoms. The lowest BCUT2D eigenvalue weighted by atomic mass is 10.00. The SMILES string of the molecule is O=C1C[C@@H](C(=O)N2CCC(N3CCN(C(=O)c4cc(-c5ccccc5)nc(-c5ccccc5)c4)CC3)CC2)NC(=O)N1. The van der Waals surface area contributed by atoms with Gasteiger partial charge >= 0.3 is 6.03 Å². The Morgan fingerprint density at radius 3 is 1.86 bits per heavy atom. The number of rotatable bonds is 5. The molecule has 0 spiro atoms. The zero-order chi connectivity index (χ0) is 29.1. The fraction of sp³-hybridized carbons (Fsp3) is 0.344.